The predicted molar refractivity (Wildman–Crippen MR) is 133 cm³/mol. The fourth-order valence-electron chi connectivity index (χ4n) is 3.19. The average molecular weight is 583 g/mol. The van der Waals surface area contributed by atoms with Gasteiger partial charge in [-0.05, 0) is 36.4 Å². The molecule has 0 bridgehead atoms. The number of carbonyl (C=O) groups is 3. The van der Waals surface area contributed by atoms with Crippen LogP contribution in [0.3, 0.4) is 0 Å². The third-order valence-electron chi connectivity index (χ3n) is 4.74. The van der Waals surface area contributed by atoms with Crippen LogP contribution in [0.5, 0.6) is 0 Å². The van der Waals surface area contributed by atoms with E-state index < -0.39 is 17.7 Å². The molecule has 1 aliphatic rings. The summed E-state index contributed by atoms with van der Waals surface area (Å²) >= 11 is 42.6. The van der Waals surface area contributed by atoms with Crippen LogP contribution >= 0.6 is 81.2 Å². The molecule has 0 radical (unpaired) electrons. The lowest BCUT2D eigenvalue weighted by Gasteiger charge is -2.16. The molecule has 0 aromatic heterocycles. The number of anilines is 2. The molecule has 168 valence electrons. The van der Waals surface area contributed by atoms with E-state index in [1.165, 1.54) is 36.4 Å². The maximum absolute atomic E-state index is 13.0. The Hall–Kier alpha value is -1.70. The van der Waals surface area contributed by atoms with E-state index >= 15 is 0 Å². The number of hydrogen-bond acceptors (Lipinski definition) is 3. The van der Waals surface area contributed by atoms with E-state index in [9.17, 15) is 14.4 Å². The molecule has 0 atom stereocenters. The molecular weight excluding hydrogens is 576 g/mol. The zero-order valence-electron chi connectivity index (χ0n) is 15.8. The molecule has 5 nitrogen and oxygen atoms in total. The summed E-state index contributed by atoms with van der Waals surface area (Å²) < 4.78 is 0. The van der Waals surface area contributed by atoms with Crippen LogP contribution in [0.25, 0.3) is 0 Å². The van der Waals surface area contributed by atoms with Crippen molar-refractivity contribution in [2.24, 2.45) is 0 Å². The van der Waals surface area contributed by atoms with Gasteiger partial charge in [-0.1, -0.05) is 81.2 Å². The summed E-state index contributed by atoms with van der Waals surface area (Å²) in [6.07, 6.45) is 0. The zero-order chi connectivity index (χ0) is 24.2. The molecule has 1 N–H and O–H groups in total. The number of imide groups is 1. The predicted octanol–water partition coefficient (Wildman–Crippen LogP) is 8.31. The van der Waals surface area contributed by atoms with Crippen LogP contribution in [-0.2, 0) is 0 Å². The second-order valence-corrected chi connectivity index (χ2v) is 9.46. The third-order valence-corrected chi connectivity index (χ3v) is 7.40. The molecule has 1 aliphatic heterocycles. The Bertz CT molecular complexity index is 1340. The number of nitrogens with one attached hydrogen (secondary N) is 1. The normalized spacial score (nSPS) is 12.9. The van der Waals surface area contributed by atoms with Crippen LogP contribution in [0.2, 0.25) is 35.2 Å². The van der Waals surface area contributed by atoms with E-state index in [2.05, 4.69) is 5.32 Å². The lowest BCUT2D eigenvalue weighted by atomic mass is 10.1. The molecular formula is C21H7Cl7N2O3. The van der Waals surface area contributed by atoms with Crippen LogP contribution in [-0.4, -0.2) is 17.7 Å². The smallest absolute Gasteiger partial charge is 0.267 e. The Morgan fingerprint density at radius 1 is 0.697 bits per heavy atom. The van der Waals surface area contributed by atoms with Crippen molar-refractivity contribution in [1.82, 2.24) is 0 Å². The second-order valence-electron chi connectivity index (χ2n) is 6.69. The molecule has 0 spiro atoms. The number of fused-ring (bicyclic) bond motifs is 1. The summed E-state index contributed by atoms with van der Waals surface area (Å²) in [6.45, 7) is 0. The van der Waals surface area contributed by atoms with Gasteiger partial charge in [0.1, 0.15) is 0 Å². The summed E-state index contributed by atoms with van der Waals surface area (Å²) in [4.78, 5) is 39.4. The van der Waals surface area contributed by atoms with E-state index in [4.69, 9.17) is 81.2 Å². The van der Waals surface area contributed by atoms with Crippen LogP contribution in [0.1, 0.15) is 31.1 Å². The van der Waals surface area contributed by atoms with Crippen molar-refractivity contribution in [1.29, 1.82) is 0 Å². The molecule has 0 fully saturated rings. The Morgan fingerprint density at radius 2 is 1.27 bits per heavy atom. The SMILES string of the molecule is O=C(Nc1ccc(N2C(=O)c3c(Cl)c(Cl)c(Cl)c(Cl)c3C2=O)cc1Cl)c1ccc(Cl)cc1Cl. The minimum absolute atomic E-state index is 0.0516. The van der Waals surface area contributed by atoms with E-state index in [1.54, 1.807) is 0 Å². The van der Waals surface area contributed by atoms with Gasteiger partial charge in [-0.3, -0.25) is 14.4 Å². The number of nitrogens with zero attached hydrogens (tertiary/aromatic N) is 1. The maximum atomic E-state index is 13.0. The second kappa shape index (κ2) is 9.16. The number of amides is 3. The Kier molecular flexibility index (Phi) is 6.78. The highest BCUT2D eigenvalue weighted by Crippen LogP contribution is 2.46. The number of carbonyl (C=O) groups excluding carboxylic acids is 3. The van der Waals surface area contributed by atoms with Gasteiger partial charge in [-0.25, -0.2) is 4.90 Å². The molecule has 4 rings (SSSR count). The Morgan fingerprint density at radius 3 is 1.79 bits per heavy atom. The Labute approximate surface area is 222 Å². The van der Waals surface area contributed by atoms with Crippen LogP contribution in [0.4, 0.5) is 11.4 Å². The molecule has 3 aromatic rings. The number of halogens is 7. The van der Waals surface area contributed by atoms with E-state index in [-0.39, 0.29) is 58.2 Å². The molecule has 33 heavy (non-hydrogen) atoms. The van der Waals surface area contributed by atoms with Gasteiger partial charge in [0, 0.05) is 5.02 Å². The van der Waals surface area contributed by atoms with E-state index in [0.717, 1.165) is 4.90 Å². The van der Waals surface area contributed by atoms with Gasteiger partial charge in [0.2, 0.25) is 0 Å². The van der Waals surface area contributed by atoms with Crippen LogP contribution in [0, 0.1) is 0 Å². The highest BCUT2D eigenvalue weighted by atomic mass is 35.5. The minimum atomic E-state index is -0.749. The summed E-state index contributed by atoms with van der Waals surface area (Å²) in [5, 5.41) is 2.56. The molecule has 1 heterocycles. The molecule has 0 saturated carbocycles. The van der Waals surface area contributed by atoms with Gasteiger partial charge >= 0.3 is 0 Å². The van der Waals surface area contributed by atoms with Crippen molar-refractivity contribution in [3.05, 3.63) is 88.2 Å². The van der Waals surface area contributed by atoms with Gasteiger partial charge < -0.3 is 5.32 Å². The number of hydrogen-bond donors (Lipinski definition) is 1. The first kappa shape index (κ1) is 24.4. The van der Waals surface area contributed by atoms with Crippen molar-refractivity contribution < 1.29 is 14.4 Å². The maximum Gasteiger partial charge on any atom is 0.267 e. The van der Waals surface area contributed by atoms with Crippen LogP contribution in [0.15, 0.2) is 36.4 Å². The molecule has 3 aromatic carbocycles. The molecule has 0 unspecified atom stereocenters. The van der Waals surface area contributed by atoms with Crippen LogP contribution < -0.4 is 10.2 Å². The number of rotatable bonds is 3. The van der Waals surface area contributed by atoms with Crippen molar-refractivity contribution >= 4 is 110 Å². The van der Waals surface area contributed by atoms with Gasteiger partial charge in [-0.15, -0.1) is 0 Å². The van der Waals surface area contributed by atoms with Crippen molar-refractivity contribution in [2.75, 3.05) is 10.2 Å². The monoisotopic (exact) mass is 580 g/mol. The van der Waals surface area contributed by atoms with E-state index in [1.807, 2.05) is 0 Å². The first-order valence-electron chi connectivity index (χ1n) is 8.83. The van der Waals surface area contributed by atoms with Gasteiger partial charge in [0.25, 0.3) is 17.7 Å². The quantitative estimate of drug-likeness (QED) is 0.192. The van der Waals surface area contributed by atoms with Gasteiger partial charge in [-0.2, -0.15) is 0 Å². The van der Waals surface area contributed by atoms with Crippen molar-refractivity contribution in [3.63, 3.8) is 0 Å². The van der Waals surface area contributed by atoms with Gasteiger partial charge in [0.05, 0.1) is 58.2 Å². The zero-order valence-corrected chi connectivity index (χ0v) is 21.1. The molecule has 3 amide bonds. The average Bonchev–Trinajstić information content (AvgIpc) is 3.02. The summed E-state index contributed by atoms with van der Waals surface area (Å²) in [5.41, 5.74) is 0.196. The lowest BCUT2D eigenvalue weighted by molar-refractivity contribution is 0.0925. The molecule has 12 heteroatoms. The lowest BCUT2D eigenvalue weighted by Crippen LogP contribution is -2.29. The largest absolute Gasteiger partial charge is 0.321 e. The van der Waals surface area contributed by atoms with E-state index in [0.29, 0.717) is 5.02 Å². The first-order chi connectivity index (χ1) is 15.5. The Balaban J connectivity index is 1.67. The fraction of sp³-hybridized carbons (Fsp3) is 0. The molecule has 0 aliphatic carbocycles. The minimum Gasteiger partial charge on any atom is -0.321 e. The summed E-state index contributed by atoms with van der Waals surface area (Å²) in [6, 6.07) is 8.58. The van der Waals surface area contributed by atoms with Gasteiger partial charge in [0.15, 0.2) is 0 Å². The number of benzene rings is 3. The van der Waals surface area contributed by atoms with Crippen molar-refractivity contribution in [2.45, 2.75) is 0 Å². The highest BCUT2D eigenvalue weighted by Gasteiger charge is 2.42. The summed E-state index contributed by atoms with van der Waals surface area (Å²) in [7, 11) is 0. The summed E-state index contributed by atoms with van der Waals surface area (Å²) in [5.74, 6) is -2.03. The first-order valence-corrected chi connectivity index (χ1v) is 11.5. The third kappa shape index (κ3) is 4.17. The molecule has 0 saturated heterocycles. The van der Waals surface area contributed by atoms with Crippen molar-refractivity contribution in [3.8, 4) is 0 Å². The fourth-order valence-corrected chi connectivity index (χ4v) is 4.92. The standard InChI is InChI=1S/C21H7Cl7N2O3/c22-7-1-3-9(10(23)5-7)19(31)29-12-4-2-8(6-11(12)24)30-20(32)13-14(21(30)33)16(26)18(28)17(27)15(13)25/h1-6H,(H,29,31). The highest BCUT2D eigenvalue weighted by molar-refractivity contribution is 6.56. The topological polar surface area (TPSA) is 66.5 Å².